The molecular formula is C30H35F2N3O4. The Bertz CT molecular complexity index is 1280. The van der Waals surface area contributed by atoms with E-state index in [1.165, 1.54) is 17.9 Å². The number of hydrogen-bond donors (Lipinski definition) is 1. The number of carboxylic acid groups (broad SMARTS) is 1. The van der Waals surface area contributed by atoms with Gasteiger partial charge in [0, 0.05) is 18.7 Å². The summed E-state index contributed by atoms with van der Waals surface area (Å²) in [5.74, 6) is -1.82. The van der Waals surface area contributed by atoms with Crippen molar-refractivity contribution in [1.29, 1.82) is 5.26 Å². The van der Waals surface area contributed by atoms with E-state index in [9.17, 15) is 24.3 Å². The van der Waals surface area contributed by atoms with Gasteiger partial charge in [-0.05, 0) is 95.3 Å². The van der Waals surface area contributed by atoms with Gasteiger partial charge in [0.1, 0.15) is 22.8 Å². The second-order valence-corrected chi connectivity index (χ2v) is 11.4. The third-order valence-electron chi connectivity index (χ3n) is 7.77. The number of hydrogen-bond acceptors (Lipinski definition) is 5. The average molecular weight is 540 g/mol. The number of rotatable bonds is 8. The Hall–Kier alpha value is -3.51. The highest BCUT2D eigenvalue weighted by Crippen LogP contribution is 2.36. The van der Waals surface area contributed by atoms with Gasteiger partial charge in [-0.1, -0.05) is 12.1 Å². The van der Waals surface area contributed by atoms with Crippen LogP contribution in [0.15, 0.2) is 36.4 Å². The lowest BCUT2D eigenvalue weighted by atomic mass is 9.93. The molecule has 2 saturated heterocycles. The molecule has 7 nitrogen and oxygen atoms in total. The van der Waals surface area contributed by atoms with E-state index in [0.29, 0.717) is 36.8 Å². The molecule has 9 heteroatoms. The molecule has 0 radical (unpaired) electrons. The minimum absolute atomic E-state index is 0.206. The molecular weight excluding hydrogens is 504 g/mol. The van der Waals surface area contributed by atoms with Crippen LogP contribution in [-0.4, -0.2) is 70.8 Å². The van der Waals surface area contributed by atoms with Crippen LogP contribution in [0, 0.1) is 23.1 Å². The predicted octanol–water partition coefficient (Wildman–Crippen LogP) is 5.28. The summed E-state index contributed by atoms with van der Waals surface area (Å²) in [6.45, 7) is 7.32. The van der Waals surface area contributed by atoms with Crippen LogP contribution >= 0.6 is 0 Å². The molecule has 2 aliphatic rings. The maximum Gasteiger partial charge on any atom is 0.329 e. The predicted molar refractivity (Wildman–Crippen MR) is 143 cm³/mol. The van der Waals surface area contributed by atoms with Crippen molar-refractivity contribution >= 4 is 11.9 Å². The molecule has 0 saturated carbocycles. The van der Waals surface area contributed by atoms with Crippen LogP contribution in [0.5, 0.6) is 5.75 Å². The lowest BCUT2D eigenvalue weighted by Crippen LogP contribution is -2.51. The maximum absolute atomic E-state index is 15.1. The molecule has 2 aromatic rings. The van der Waals surface area contributed by atoms with Crippen LogP contribution in [0.1, 0.15) is 62.4 Å². The first kappa shape index (κ1) is 28.5. The molecule has 2 fully saturated rings. The zero-order valence-electron chi connectivity index (χ0n) is 22.7. The van der Waals surface area contributed by atoms with Gasteiger partial charge in [-0.15, -0.1) is 0 Å². The number of carboxylic acids is 1. The average Bonchev–Trinajstić information content (AvgIpc) is 3.29. The molecule has 208 valence electrons. The van der Waals surface area contributed by atoms with Crippen molar-refractivity contribution in [2.45, 2.75) is 57.7 Å². The number of nitrogens with zero attached hydrogens (tertiary/aromatic N) is 3. The Morgan fingerprint density at radius 3 is 2.54 bits per heavy atom. The number of aliphatic carboxylic acids is 1. The van der Waals surface area contributed by atoms with Gasteiger partial charge in [-0.3, -0.25) is 4.79 Å². The lowest BCUT2D eigenvalue weighted by molar-refractivity contribution is -0.147. The van der Waals surface area contributed by atoms with E-state index < -0.39 is 28.9 Å². The number of alkyl halides is 1. The molecule has 2 aliphatic heterocycles. The molecule has 1 amide bonds. The van der Waals surface area contributed by atoms with E-state index in [2.05, 4.69) is 11.0 Å². The summed E-state index contributed by atoms with van der Waals surface area (Å²) < 4.78 is 35.1. The summed E-state index contributed by atoms with van der Waals surface area (Å²) in [6, 6.07) is 11.2. The molecule has 1 unspecified atom stereocenters. The van der Waals surface area contributed by atoms with Crippen molar-refractivity contribution in [3.63, 3.8) is 0 Å². The Balaban J connectivity index is 1.52. The summed E-state index contributed by atoms with van der Waals surface area (Å²) in [6.07, 6.45) is 2.56. The van der Waals surface area contributed by atoms with Crippen LogP contribution in [0.2, 0.25) is 0 Å². The van der Waals surface area contributed by atoms with Crippen LogP contribution < -0.4 is 4.74 Å². The Labute approximate surface area is 228 Å². The number of carbonyl (C=O) groups is 2. The molecule has 2 heterocycles. The van der Waals surface area contributed by atoms with Crippen molar-refractivity contribution in [3.05, 3.63) is 53.3 Å². The van der Waals surface area contributed by atoms with Gasteiger partial charge in [0.15, 0.2) is 0 Å². The monoisotopic (exact) mass is 539 g/mol. The van der Waals surface area contributed by atoms with E-state index in [1.807, 2.05) is 0 Å². The van der Waals surface area contributed by atoms with Gasteiger partial charge in [0.25, 0.3) is 5.91 Å². The van der Waals surface area contributed by atoms with E-state index in [-0.39, 0.29) is 29.7 Å². The summed E-state index contributed by atoms with van der Waals surface area (Å²) in [7, 11) is 0. The number of benzene rings is 2. The van der Waals surface area contributed by atoms with Gasteiger partial charge >= 0.3 is 5.97 Å². The smallest absolute Gasteiger partial charge is 0.329 e. The molecule has 0 aliphatic carbocycles. The number of piperidine rings is 1. The number of amides is 1. The number of nitriles is 1. The molecule has 4 rings (SSSR count). The molecule has 0 aromatic heterocycles. The Morgan fingerprint density at radius 2 is 1.90 bits per heavy atom. The molecule has 0 spiro atoms. The van der Waals surface area contributed by atoms with Crippen molar-refractivity contribution in [1.82, 2.24) is 9.80 Å². The first-order valence-corrected chi connectivity index (χ1v) is 13.4. The highest BCUT2D eigenvalue weighted by molar-refractivity contribution is 6.04. The SMILES string of the molecule is CC(C)(F)CN1CCC(COc2ccc(-c3cccc(F)c3C(=O)N3CCCC3(C)C(=O)O)c(C#N)c2)CC1. The second-order valence-electron chi connectivity index (χ2n) is 11.4. The zero-order valence-corrected chi connectivity index (χ0v) is 22.7. The van der Waals surface area contributed by atoms with Crippen molar-refractivity contribution < 1.29 is 28.2 Å². The second kappa shape index (κ2) is 11.3. The van der Waals surface area contributed by atoms with Crippen LogP contribution in [-0.2, 0) is 4.79 Å². The molecule has 1 N–H and O–H groups in total. The van der Waals surface area contributed by atoms with Gasteiger partial charge in [-0.25, -0.2) is 13.6 Å². The summed E-state index contributed by atoms with van der Waals surface area (Å²) >= 11 is 0. The van der Waals surface area contributed by atoms with E-state index in [0.717, 1.165) is 32.0 Å². The highest BCUT2D eigenvalue weighted by atomic mass is 19.1. The maximum atomic E-state index is 15.1. The number of carbonyl (C=O) groups excluding carboxylic acids is 1. The quantitative estimate of drug-likeness (QED) is 0.491. The Kier molecular flexibility index (Phi) is 8.26. The zero-order chi connectivity index (χ0) is 28.4. The minimum Gasteiger partial charge on any atom is -0.493 e. The third kappa shape index (κ3) is 6.22. The summed E-state index contributed by atoms with van der Waals surface area (Å²) in [5, 5.41) is 19.6. The van der Waals surface area contributed by atoms with E-state index in [4.69, 9.17) is 4.74 Å². The molecule has 0 bridgehead atoms. The van der Waals surface area contributed by atoms with Gasteiger partial charge in [0.05, 0.1) is 23.8 Å². The standard InChI is InChI=1S/C30H35F2N3O4/c1-29(2,32)19-34-14-10-20(11-15-34)18-39-22-8-9-23(21(16-22)17-33)24-6-4-7-25(31)26(24)27(36)35-13-5-12-30(35,3)28(37)38/h4,6-9,16,20H,5,10-15,18-19H2,1-3H3,(H,37,38). The van der Waals surface area contributed by atoms with Gasteiger partial charge in [0.2, 0.25) is 0 Å². The lowest BCUT2D eigenvalue weighted by Gasteiger charge is -2.34. The third-order valence-corrected chi connectivity index (χ3v) is 7.77. The van der Waals surface area contributed by atoms with Gasteiger partial charge in [-0.2, -0.15) is 5.26 Å². The first-order valence-electron chi connectivity index (χ1n) is 13.4. The van der Waals surface area contributed by atoms with Crippen LogP contribution in [0.3, 0.4) is 0 Å². The van der Waals surface area contributed by atoms with Crippen molar-refractivity contribution in [2.75, 3.05) is 32.8 Å². The number of ether oxygens (including phenoxy) is 1. The van der Waals surface area contributed by atoms with Crippen LogP contribution in [0.25, 0.3) is 11.1 Å². The number of halogens is 2. The molecule has 2 aromatic carbocycles. The Morgan fingerprint density at radius 1 is 1.18 bits per heavy atom. The van der Waals surface area contributed by atoms with E-state index in [1.54, 1.807) is 38.1 Å². The highest BCUT2D eigenvalue weighted by Gasteiger charge is 2.47. The topological polar surface area (TPSA) is 93.9 Å². The van der Waals surface area contributed by atoms with Crippen molar-refractivity contribution in [2.24, 2.45) is 5.92 Å². The fourth-order valence-corrected chi connectivity index (χ4v) is 5.61. The number of likely N-dealkylation sites (tertiary alicyclic amines) is 2. The van der Waals surface area contributed by atoms with Crippen molar-refractivity contribution in [3.8, 4) is 22.9 Å². The minimum atomic E-state index is -1.43. The molecule has 1 atom stereocenters. The van der Waals surface area contributed by atoms with Gasteiger partial charge < -0.3 is 19.6 Å². The van der Waals surface area contributed by atoms with E-state index >= 15 is 4.39 Å². The fraction of sp³-hybridized carbons (Fsp3) is 0.500. The normalized spacial score (nSPS) is 20.6. The first-order chi connectivity index (χ1) is 18.4. The summed E-state index contributed by atoms with van der Waals surface area (Å²) in [5.41, 5.74) is -2.09. The largest absolute Gasteiger partial charge is 0.493 e. The van der Waals surface area contributed by atoms with Crippen LogP contribution in [0.4, 0.5) is 8.78 Å². The summed E-state index contributed by atoms with van der Waals surface area (Å²) in [4.78, 5) is 28.8. The molecule has 39 heavy (non-hydrogen) atoms. The fourth-order valence-electron chi connectivity index (χ4n) is 5.61.